The lowest BCUT2D eigenvalue weighted by atomic mass is 10.5. The van der Waals surface area contributed by atoms with E-state index in [1.165, 1.54) is 0 Å². The molecule has 0 amide bonds. The smallest absolute Gasteiger partial charge is 0.434 e. The molecule has 0 aliphatic carbocycles. The van der Waals surface area contributed by atoms with Crippen molar-refractivity contribution in [1.29, 1.82) is 0 Å². The first kappa shape index (κ1) is 13.2. The van der Waals surface area contributed by atoms with Gasteiger partial charge >= 0.3 is 6.16 Å². The van der Waals surface area contributed by atoms with Gasteiger partial charge in [0.25, 0.3) is 0 Å². The summed E-state index contributed by atoms with van der Waals surface area (Å²) in [5.74, 6) is 0. The predicted molar refractivity (Wildman–Crippen MR) is 50.1 cm³/mol. The monoisotopic (exact) mass is 206 g/mol. The molecule has 0 saturated carbocycles. The van der Waals surface area contributed by atoms with Gasteiger partial charge in [-0.1, -0.05) is 6.92 Å². The molecule has 0 heterocycles. The zero-order chi connectivity index (χ0) is 10.6. The summed E-state index contributed by atoms with van der Waals surface area (Å²) in [5, 5.41) is 8.40. The zero-order valence-corrected chi connectivity index (χ0v) is 8.53. The molecule has 0 aliphatic rings. The summed E-state index contributed by atoms with van der Waals surface area (Å²) < 4.78 is 14.4. The number of hydrogen-bond acceptors (Lipinski definition) is 5. The van der Waals surface area contributed by atoms with E-state index in [1.807, 2.05) is 6.92 Å². The molecular formula is C9H18O5. The summed E-state index contributed by atoms with van der Waals surface area (Å²) in [4.78, 5) is 10.8. The Morgan fingerprint density at radius 3 is 2.50 bits per heavy atom. The number of hydrogen-bond donors (Lipinski definition) is 1. The Morgan fingerprint density at radius 1 is 1.14 bits per heavy atom. The summed E-state index contributed by atoms with van der Waals surface area (Å²) in [6, 6.07) is 0. The van der Waals surface area contributed by atoms with E-state index < -0.39 is 6.16 Å². The molecule has 14 heavy (non-hydrogen) atoms. The van der Waals surface area contributed by atoms with Gasteiger partial charge in [-0.2, -0.15) is 0 Å². The average Bonchev–Trinajstić information content (AvgIpc) is 2.18. The van der Waals surface area contributed by atoms with Crippen LogP contribution in [0.4, 0.5) is 4.79 Å². The van der Waals surface area contributed by atoms with Crippen molar-refractivity contribution in [3.8, 4) is 0 Å². The molecule has 0 saturated heterocycles. The number of aliphatic hydroxyl groups excluding tert-OH is 1. The molecule has 1 N–H and O–H groups in total. The van der Waals surface area contributed by atoms with E-state index in [-0.39, 0.29) is 19.8 Å². The van der Waals surface area contributed by atoms with E-state index >= 15 is 0 Å². The molecule has 0 atom stereocenters. The van der Waals surface area contributed by atoms with Crippen LogP contribution in [0.3, 0.4) is 0 Å². The zero-order valence-electron chi connectivity index (χ0n) is 8.53. The van der Waals surface area contributed by atoms with Crippen molar-refractivity contribution < 1.29 is 24.1 Å². The molecule has 0 fully saturated rings. The Balaban J connectivity index is 3.10. The Morgan fingerprint density at radius 2 is 1.86 bits per heavy atom. The molecule has 84 valence electrons. The molecule has 0 spiro atoms. The van der Waals surface area contributed by atoms with Crippen molar-refractivity contribution >= 4 is 6.16 Å². The van der Waals surface area contributed by atoms with Crippen LogP contribution >= 0.6 is 0 Å². The Hall–Kier alpha value is -0.810. The first-order valence-corrected chi connectivity index (χ1v) is 4.79. The lowest BCUT2D eigenvalue weighted by molar-refractivity contribution is 0.0251. The molecule has 5 nitrogen and oxygen atoms in total. The van der Waals surface area contributed by atoms with Crippen LogP contribution in [-0.4, -0.2) is 44.3 Å². The molecular weight excluding hydrogens is 188 g/mol. The van der Waals surface area contributed by atoms with Gasteiger partial charge in [-0.15, -0.1) is 0 Å². The van der Waals surface area contributed by atoms with Gasteiger partial charge in [-0.05, 0) is 6.42 Å². The molecule has 0 rings (SSSR count). The van der Waals surface area contributed by atoms with E-state index in [2.05, 4.69) is 9.47 Å². The first-order valence-electron chi connectivity index (χ1n) is 4.79. The van der Waals surface area contributed by atoms with Crippen LogP contribution in [0.1, 0.15) is 19.8 Å². The van der Waals surface area contributed by atoms with Gasteiger partial charge in [0.15, 0.2) is 0 Å². The van der Waals surface area contributed by atoms with Gasteiger partial charge < -0.3 is 19.3 Å². The van der Waals surface area contributed by atoms with Crippen LogP contribution in [0.2, 0.25) is 0 Å². The Bertz CT molecular complexity index is 137. The van der Waals surface area contributed by atoms with Gasteiger partial charge in [0, 0.05) is 19.6 Å². The normalized spacial score (nSPS) is 9.86. The summed E-state index contributed by atoms with van der Waals surface area (Å²) in [6.45, 7) is 3.46. The van der Waals surface area contributed by atoms with E-state index in [0.717, 1.165) is 6.42 Å². The van der Waals surface area contributed by atoms with E-state index in [9.17, 15) is 4.79 Å². The highest BCUT2D eigenvalue weighted by Gasteiger charge is 2.01. The molecule has 0 aromatic heterocycles. The number of ether oxygens (including phenoxy) is 3. The van der Waals surface area contributed by atoms with Crippen molar-refractivity contribution in [2.24, 2.45) is 0 Å². The molecule has 0 bridgehead atoms. The van der Waals surface area contributed by atoms with Crippen molar-refractivity contribution in [2.75, 3.05) is 33.0 Å². The average molecular weight is 206 g/mol. The molecule has 0 unspecified atom stereocenters. The van der Waals surface area contributed by atoms with Gasteiger partial charge in [-0.3, -0.25) is 0 Å². The van der Waals surface area contributed by atoms with Crippen LogP contribution in [0, 0.1) is 0 Å². The van der Waals surface area contributed by atoms with Gasteiger partial charge in [0.05, 0.1) is 13.2 Å². The van der Waals surface area contributed by atoms with Gasteiger partial charge in [0.1, 0.15) is 6.61 Å². The van der Waals surface area contributed by atoms with E-state index in [4.69, 9.17) is 9.84 Å². The second kappa shape index (κ2) is 10.3. The highest BCUT2D eigenvalue weighted by atomic mass is 16.7. The van der Waals surface area contributed by atoms with Gasteiger partial charge in [0.2, 0.25) is 0 Å². The summed E-state index contributed by atoms with van der Waals surface area (Å²) in [7, 11) is 0. The SMILES string of the molecule is CCCOCCOC(=O)OCCCO. The fourth-order valence-electron chi connectivity index (χ4n) is 0.692. The third kappa shape index (κ3) is 9.28. The van der Waals surface area contributed by atoms with Crippen molar-refractivity contribution in [2.45, 2.75) is 19.8 Å². The van der Waals surface area contributed by atoms with Crippen LogP contribution in [0.25, 0.3) is 0 Å². The third-order valence-electron chi connectivity index (χ3n) is 1.32. The fraction of sp³-hybridized carbons (Fsp3) is 0.889. The number of carbonyl (C=O) groups excluding carboxylic acids is 1. The number of aliphatic hydroxyl groups is 1. The third-order valence-corrected chi connectivity index (χ3v) is 1.32. The highest BCUT2D eigenvalue weighted by molar-refractivity contribution is 5.59. The van der Waals surface area contributed by atoms with E-state index in [1.54, 1.807) is 0 Å². The van der Waals surface area contributed by atoms with Crippen LogP contribution in [0.15, 0.2) is 0 Å². The second-order valence-corrected chi connectivity index (χ2v) is 2.64. The minimum Gasteiger partial charge on any atom is -0.434 e. The number of rotatable bonds is 8. The molecule has 5 heteroatoms. The summed E-state index contributed by atoms with van der Waals surface area (Å²) in [6.07, 6.45) is 0.668. The highest BCUT2D eigenvalue weighted by Crippen LogP contribution is 1.88. The standard InChI is InChI=1S/C9H18O5/c1-2-5-12-7-8-14-9(11)13-6-3-4-10/h10H,2-8H2,1H3. The maximum absolute atomic E-state index is 10.8. The van der Waals surface area contributed by atoms with Crippen molar-refractivity contribution in [3.05, 3.63) is 0 Å². The quantitative estimate of drug-likeness (QED) is 0.473. The Labute approximate surface area is 84.0 Å². The largest absolute Gasteiger partial charge is 0.508 e. The summed E-state index contributed by atoms with van der Waals surface area (Å²) >= 11 is 0. The Kier molecular flexibility index (Phi) is 9.68. The van der Waals surface area contributed by atoms with Crippen LogP contribution in [-0.2, 0) is 14.2 Å². The van der Waals surface area contributed by atoms with Gasteiger partial charge in [-0.25, -0.2) is 4.79 Å². The maximum atomic E-state index is 10.8. The molecule has 0 aromatic carbocycles. The van der Waals surface area contributed by atoms with Crippen molar-refractivity contribution in [3.63, 3.8) is 0 Å². The first-order chi connectivity index (χ1) is 6.81. The van der Waals surface area contributed by atoms with Crippen LogP contribution in [0.5, 0.6) is 0 Å². The number of carbonyl (C=O) groups is 1. The summed E-state index contributed by atoms with van der Waals surface area (Å²) in [5.41, 5.74) is 0. The molecule has 0 aliphatic heterocycles. The van der Waals surface area contributed by atoms with Crippen molar-refractivity contribution in [1.82, 2.24) is 0 Å². The maximum Gasteiger partial charge on any atom is 0.508 e. The van der Waals surface area contributed by atoms with E-state index in [0.29, 0.717) is 19.6 Å². The van der Waals surface area contributed by atoms with Crippen LogP contribution < -0.4 is 0 Å². The predicted octanol–water partition coefficient (Wildman–Crippen LogP) is 0.949. The lowest BCUT2D eigenvalue weighted by Gasteiger charge is -2.05. The molecule has 0 radical (unpaired) electrons. The minimum atomic E-state index is -0.710. The lowest BCUT2D eigenvalue weighted by Crippen LogP contribution is -2.13. The second-order valence-electron chi connectivity index (χ2n) is 2.64. The minimum absolute atomic E-state index is 0.00684. The molecule has 0 aromatic rings. The topological polar surface area (TPSA) is 65.0 Å². The fourth-order valence-corrected chi connectivity index (χ4v) is 0.692.